The summed E-state index contributed by atoms with van der Waals surface area (Å²) in [5, 5.41) is 5.15. The van der Waals surface area contributed by atoms with Gasteiger partial charge in [0.2, 0.25) is 5.91 Å². The molecule has 0 aromatic heterocycles. The predicted octanol–water partition coefficient (Wildman–Crippen LogP) is 0.740. The molecule has 5 nitrogen and oxygen atoms in total. The van der Waals surface area contributed by atoms with Crippen LogP contribution in [0.25, 0.3) is 0 Å². The maximum atomic E-state index is 11.3. The number of carbonyl (C=O) groups excluding carboxylic acids is 2. The number of rotatable bonds is 5. The molecular weight excluding hydrogens is 206 g/mol. The van der Waals surface area contributed by atoms with Crippen LogP contribution in [0.4, 0.5) is 4.79 Å². The third kappa shape index (κ3) is 4.61. The lowest BCUT2D eigenvalue weighted by Crippen LogP contribution is -2.46. The molecular formula is C11H21N3O2. The van der Waals surface area contributed by atoms with Gasteiger partial charge in [-0.3, -0.25) is 10.1 Å². The second-order valence-electron chi connectivity index (χ2n) is 4.47. The molecule has 0 saturated heterocycles. The Morgan fingerprint density at radius 3 is 2.56 bits per heavy atom. The van der Waals surface area contributed by atoms with Gasteiger partial charge in [0.15, 0.2) is 0 Å². The highest BCUT2D eigenvalue weighted by Gasteiger charge is 2.17. The third-order valence-electron chi connectivity index (χ3n) is 3.12. The zero-order valence-electron chi connectivity index (χ0n) is 9.79. The van der Waals surface area contributed by atoms with Gasteiger partial charge in [0.1, 0.15) is 0 Å². The van der Waals surface area contributed by atoms with Crippen molar-refractivity contribution in [2.24, 2.45) is 11.7 Å². The molecule has 0 spiro atoms. The van der Waals surface area contributed by atoms with E-state index < -0.39 is 6.03 Å². The number of primary amides is 1. The molecule has 1 aliphatic carbocycles. The summed E-state index contributed by atoms with van der Waals surface area (Å²) in [5.74, 6) is 0.442. The first-order chi connectivity index (χ1) is 7.59. The first-order valence-electron chi connectivity index (χ1n) is 5.93. The number of amides is 3. The summed E-state index contributed by atoms with van der Waals surface area (Å²) in [5.41, 5.74) is 4.86. The van der Waals surface area contributed by atoms with Crippen LogP contribution in [0.1, 0.15) is 39.0 Å². The number of carbonyl (C=O) groups is 2. The average molecular weight is 227 g/mol. The number of nitrogens with two attached hydrogens (primary N) is 1. The minimum Gasteiger partial charge on any atom is -0.351 e. The number of hydrogen-bond donors (Lipinski definition) is 3. The van der Waals surface area contributed by atoms with E-state index in [1.807, 2.05) is 0 Å². The zero-order valence-corrected chi connectivity index (χ0v) is 9.79. The van der Waals surface area contributed by atoms with Gasteiger partial charge >= 0.3 is 6.03 Å². The highest BCUT2D eigenvalue weighted by molar-refractivity contribution is 5.96. The second kappa shape index (κ2) is 6.48. The summed E-state index contributed by atoms with van der Waals surface area (Å²) >= 11 is 0. The van der Waals surface area contributed by atoms with Crippen LogP contribution in [0.15, 0.2) is 0 Å². The second-order valence-corrected chi connectivity index (χ2v) is 4.47. The molecule has 0 bridgehead atoms. The maximum Gasteiger partial charge on any atom is 0.318 e. The lowest BCUT2D eigenvalue weighted by Gasteiger charge is -2.14. The van der Waals surface area contributed by atoms with E-state index in [1.54, 1.807) is 6.92 Å². The lowest BCUT2D eigenvalue weighted by atomic mass is 10.0. The average Bonchev–Trinajstić information content (AvgIpc) is 2.69. The van der Waals surface area contributed by atoms with E-state index in [4.69, 9.17) is 5.73 Å². The molecule has 1 unspecified atom stereocenters. The Bertz CT molecular complexity index is 250. The fraction of sp³-hybridized carbons (Fsp3) is 0.818. The quantitative estimate of drug-likeness (QED) is 0.647. The van der Waals surface area contributed by atoms with E-state index >= 15 is 0 Å². The van der Waals surface area contributed by atoms with E-state index in [1.165, 1.54) is 25.7 Å². The predicted molar refractivity (Wildman–Crippen MR) is 61.8 cm³/mol. The molecule has 0 aliphatic heterocycles. The van der Waals surface area contributed by atoms with Crippen LogP contribution in [0, 0.1) is 5.92 Å². The number of urea groups is 1. The first-order valence-corrected chi connectivity index (χ1v) is 5.93. The summed E-state index contributed by atoms with van der Waals surface area (Å²) in [6, 6.07) is -1.16. The van der Waals surface area contributed by atoms with Gasteiger partial charge in [0.05, 0.1) is 6.04 Å². The zero-order chi connectivity index (χ0) is 12.0. The molecule has 3 amide bonds. The largest absolute Gasteiger partial charge is 0.351 e. The summed E-state index contributed by atoms with van der Waals surface area (Å²) in [4.78, 5) is 21.8. The van der Waals surface area contributed by atoms with Crippen LogP contribution in [0.3, 0.4) is 0 Å². The Balaban J connectivity index is 2.11. The fourth-order valence-electron chi connectivity index (χ4n) is 2.13. The van der Waals surface area contributed by atoms with Gasteiger partial charge < -0.3 is 11.1 Å². The molecule has 16 heavy (non-hydrogen) atoms. The molecule has 0 aromatic rings. The first kappa shape index (κ1) is 13.0. The van der Waals surface area contributed by atoms with Crippen LogP contribution in [-0.2, 0) is 4.79 Å². The molecule has 0 radical (unpaired) electrons. The Kier molecular flexibility index (Phi) is 5.25. The maximum absolute atomic E-state index is 11.3. The van der Waals surface area contributed by atoms with Gasteiger partial charge in [-0.1, -0.05) is 25.7 Å². The number of hydrogen-bond acceptors (Lipinski definition) is 3. The normalized spacial score (nSPS) is 18.3. The van der Waals surface area contributed by atoms with Gasteiger partial charge in [0, 0.05) is 0 Å². The molecule has 1 saturated carbocycles. The third-order valence-corrected chi connectivity index (χ3v) is 3.12. The molecule has 1 atom stereocenters. The molecule has 4 N–H and O–H groups in total. The van der Waals surface area contributed by atoms with Gasteiger partial charge in [-0.25, -0.2) is 4.79 Å². The van der Waals surface area contributed by atoms with E-state index in [2.05, 4.69) is 10.6 Å². The van der Waals surface area contributed by atoms with Crippen LogP contribution in [-0.4, -0.2) is 24.5 Å². The molecule has 0 heterocycles. The van der Waals surface area contributed by atoms with Crippen molar-refractivity contribution in [2.75, 3.05) is 6.54 Å². The monoisotopic (exact) mass is 227 g/mol. The van der Waals surface area contributed by atoms with Crippen molar-refractivity contribution in [3.63, 3.8) is 0 Å². The van der Waals surface area contributed by atoms with Gasteiger partial charge in [0.25, 0.3) is 0 Å². The molecule has 1 aliphatic rings. The van der Waals surface area contributed by atoms with E-state index in [0.29, 0.717) is 0 Å². The van der Waals surface area contributed by atoms with E-state index in [0.717, 1.165) is 18.9 Å². The molecule has 5 heteroatoms. The van der Waals surface area contributed by atoms with Crippen LogP contribution in [0.5, 0.6) is 0 Å². The summed E-state index contributed by atoms with van der Waals surface area (Å²) in [6.07, 6.45) is 6.39. The smallest absolute Gasteiger partial charge is 0.318 e. The van der Waals surface area contributed by atoms with Crippen molar-refractivity contribution in [2.45, 2.75) is 45.1 Å². The van der Waals surface area contributed by atoms with Crippen molar-refractivity contribution in [1.82, 2.24) is 10.6 Å². The Labute approximate surface area is 96.1 Å². The molecule has 1 rings (SSSR count). The lowest BCUT2D eigenvalue weighted by molar-refractivity contribution is -0.121. The Morgan fingerprint density at radius 2 is 2.00 bits per heavy atom. The van der Waals surface area contributed by atoms with Crippen molar-refractivity contribution in [1.29, 1.82) is 0 Å². The summed E-state index contributed by atoms with van der Waals surface area (Å²) < 4.78 is 0. The topological polar surface area (TPSA) is 84.2 Å². The summed E-state index contributed by atoms with van der Waals surface area (Å²) in [7, 11) is 0. The number of nitrogens with one attached hydrogen (secondary N) is 2. The van der Waals surface area contributed by atoms with Crippen molar-refractivity contribution >= 4 is 11.9 Å². The minimum absolute atomic E-state index is 0.362. The SMILES string of the molecule is CC(NCCC1CCCC1)C(=O)NC(N)=O. The standard InChI is InChI=1S/C11H21N3O2/c1-8(10(15)14-11(12)16)13-7-6-9-4-2-3-5-9/h8-9,13H,2-7H2,1H3,(H3,12,14,15,16). The highest BCUT2D eigenvalue weighted by Crippen LogP contribution is 2.26. The molecule has 92 valence electrons. The van der Waals surface area contributed by atoms with Gasteiger partial charge in [-0.2, -0.15) is 0 Å². The number of imide groups is 1. The van der Waals surface area contributed by atoms with Crippen molar-refractivity contribution in [3.8, 4) is 0 Å². The van der Waals surface area contributed by atoms with Gasteiger partial charge in [-0.15, -0.1) is 0 Å². The molecule has 0 aromatic carbocycles. The summed E-state index contributed by atoms with van der Waals surface area (Å²) in [6.45, 7) is 2.55. The minimum atomic E-state index is -0.797. The van der Waals surface area contributed by atoms with E-state index in [9.17, 15) is 9.59 Å². The van der Waals surface area contributed by atoms with Crippen LogP contribution < -0.4 is 16.4 Å². The van der Waals surface area contributed by atoms with Gasteiger partial charge in [-0.05, 0) is 25.8 Å². The van der Waals surface area contributed by atoms with E-state index in [-0.39, 0.29) is 11.9 Å². The van der Waals surface area contributed by atoms with Crippen LogP contribution >= 0.6 is 0 Å². The highest BCUT2D eigenvalue weighted by atomic mass is 16.2. The molecule has 1 fully saturated rings. The fourth-order valence-corrected chi connectivity index (χ4v) is 2.13. The Morgan fingerprint density at radius 1 is 1.38 bits per heavy atom. The Hall–Kier alpha value is -1.10. The van der Waals surface area contributed by atoms with Crippen molar-refractivity contribution in [3.05, 3.63) is 0 Å². The van der Waals surface area contributed by atoms with Crippen molar-refractivity contribution < 1.29 is 9.59 Å². The van der Waals surface area contributed by atoms with Crippen LogP contribution in [0.2, 0.25) is 0 Å².